The molecule has 2 saturated heterocycles. The molecule has 0 saturated carbocycles. The van der Waals surface area contributed by atoms with Gasteiger partial charge in [0.1, 0.15) is 5.82 Å². The van der Waals surface area contributed by atoms with Crippen LogP contribution in [-0.2, 0) is 6.54 Å². The Balaban J connectivity index is 1.58. The van der Waals surface area contributed by atoms with Gasteiger partial charge in [-0.25, -0.2) is 4.39 Å². The average Bonchev–Trinajstić information content (AvgIpc) is 2.92. The highest BCUT2D eigenvalue weighted by atomic mass is 19.1. The van der Waals surface area contributed by atoms with Gasteiger partial charge >= 0.3 is 0 Å². The van der Waals surface area contributed by atoms with E-state index in [-0.39, 0.29) is 5.82 Å². The topological polar surface area (TPSA) is 32.5 Å². The standard InChI is InChI=1S/C16H24FN3/c17-14-4-5-16(18)13(10-14)11-19-9-6-15(12-19)20-7-2-1-3-8-20/h4-5,10,15H,1-3,6-9,11-12,18H2. The first kappa shape index (κ1) is 13.8. The number of piperidine rings is 1. The number of halogens is 1. The predicted molar refractivity (Wildman–Crippen MR) is 79.9 cm³/mol. The Kier molecular flexibility index (Phi) is 4.22. The number of hydrogen-bond donors (Lipinski definition) is 1. The summed E-state index contributed by atoms with van der Waals surface area (Å²) in [6.45, 7) is 5.46. The Hall–Kier alpha value is -1.13. The van der Waals surface area contributed by atoms with E-state index < -0.39 is 0 Å². The fraction of sp³-hybridized carbons (Fsp3) is 0.625. The van der Waals surface area contributed by atoms with Gasteiger partial charge in [-0.3, -0.25) is 9.80 Å². The second-order valence-corrected chi connectivity index (χ2v) is 6.12. The van der Waals surface area contributed by atoms with Crippen molar-refractivity contribution in [3.05, 3.63) is 29.6 Å². The molecule has 0 radical (unpaired) electrons. The number of likely N-dealkylation sites (tertiary alicyclic amines) is 2. The summed E-state index contributed by atoms with van der Waals surface area (Å²) in [7, 11) is 0. The zero-order valence-corrected chi connectivity index (χ0v) is 12.0. The van der Waals surface area contributed by atoms with Crippen LogP contribution in [0, 0.1) is 5.82 Å². The quantitative estimate of drug-likeness (QED) is 0.862. The smallest absolute Gasteiger partial charge is 0.123 e. The lowest BCUT2D eigenvalue weighted by atomic mass is 10.1. The van der Waals surface area contributed by atoms with Gasteiger partial charge in [0.15, 0.2) is 0 Å². The van der Waals surface area contributed by atoms with Crippen molar-refractivity contribution in [3.63, 3.8) is 0 Å². The number of hydrogen-bond acceptors (Lipinski definition) is 3. The number of nitrogens with two attached hydrogens (primary N) is 1. The molecule has 2 fully saturated rings. The molecule has 0 amide bonds. The molecule has 1 unspecified atom stereocenters. The highest BCUT2D eigenvalue weighted by molar-refractivity contribution is 5.46. The first-order valence-electron chi connectivity index (χ1n) is 7.73. The van der Waals surface area contributed by atoms with E-state index in [0.29, 0.717) is 11.7 Å². The van der Waals surface area contributed by atoms with E-state index in [9.17, 15) is 4.39 Å². The largest absolute Gasteiger partial charge is 0.398 e. The van der Waals surface area contributed by atoms with Gasteiger partial charge < -0.3 is 5.73 Å². The van der Waals surface area contributed by atoms with Crippen molar-refractivity contribution in [1.29, 1.82) is 0 Å². The molecule has 3 rings (SSSR count). The van der Waals surface area contributed by atoms with E-state index >= 15 is 0 Å². The van der Waals surface area contributed by atoms with Gasteiger partial charge in [-0.2, -0.15) is 0 Å². The maximum Gasteiger partial charge on any atom is 0.123 e. The molecular weight excluding hydrogens is 253 g/mol. The molecular formula is C16H24FN3. The molecule has 1 aromatic rings. The zero-order chi connectivity index (χ0) is 13.9. The predicted octanol–water partition coefficient (Wildman–Crippen LogP) is 2.47. The van der Waals surface area contributed by atoms with E-state index in [1.165, 1.54) is 44.8 Å². The van der Waals surface area contributed by atoms with Crippen LogP contribution < -0.4 is 5.73 Å². The molecule has 4 heteroatoms. The fourth-order valence-electron chi connectivity index (χ4n) is 3.49. The zero-order valence-electron chi connectivity index (χ0n) is 12.0. The van der Waals surface area contributed by atoms with Crippen LogP contribution in [0.2, 0.25) is 0 Å². The Morgan fingerprint density at radius 3 is 2.75 bits per heavy atom. The van der Waals surface area contributed by atoms with E-state index in [4.69, 9.17) is 5.73 Å². The van der Waals surface area contributed by atoms with E-state index in [0.717, 1.165) is 25.2 Å². The third-order valence-electron chi connectivity index (χ3n) is 4.65. The van der Waals surface area contributed by atoms with E-state index in [1.54, 1.807) is 12.1 Å². The lowest BCUT2D eigenvalue weighted by Gasteiger charge is -2.32. The van der Waals surface area contributed by atoms with Crippen molar-refractivity contribution in [2.45, 2.75) is 38.3 Å². The first-order valence-corrected chi connectivity index (χ1v) is 7.73. The molecule has 2 N–H and O–H groups in total. The maximum atomic E-state index is 13.3. The first-order chi connectivity index (χ1) is 9.72. The van der Waals surface area contributed by atoms with Crippen molar-refractivity contribution in [1.82, 2.24) is 9.80 Å². The van der Waals surface area contributed by atoms with Crippen molar-refractivity contribution in [3.8, 4) is 0 Å². The van der Waals surface area contributed by atoms with Crippen molar-refractivity contribution in [2.75, 3.05) is 31.9 Å². The lowest BCUT2D eigenvalue weighted by Crippen LogP contribution is -2.40. The SMILES string of the molecule is Nc1ccc(F)cc1CN1CCC(N2CCCCC2)C1. The number of nitrogens with zero attached hydrogens (tertiary/aromatic N) is 2. The van der Waals surface area contributed by atoms with Gasteiger partial charge in [0.2, 0.25) is 0 Å². The Morgan fingerprint density at radius 1 is 1.15 bits per heavy atom. The summed E-state index contributed by atoms with van der Waals surface area (Å²) in [6.07, 6.45) is 5.29. The number of anilines is 1. The molecule has 0 aromatic heterocycles. The minimum absolute atomic E-state index is 0.194. The Bertz CT molecular complexity index is 457. The molecule has 2 aliphatic heterocycles. The molecule has 1 atom stereocenters. The summed E-state index contributed by atoms with van der Waals surface area (Å²) in [6, 6.07) is 5.36. The lowest BCUT2D eigenvalue weighted by molar-refractivity contribution is 0.161. The van der Waals surface area contributed by atoms with Gasteiger partial charge in [-0.15, -0.1) is 0 Å². The van der Waals surface area contributed by atoms with Crippen LogP contribution in [-0.4, -0.2) is 42.0 Å². The number of nitrogen functional groups attached to an aromatic ring is 1. The van der Waals surface area contributed by atoms with Gasteiger partial charge in [-0.05, 0) is 56.1 Å². The van der Waals surface area contributed by atoms with Gasteiger partial charge in [0.05, 0.1) is 0 Å². The van der Waals surface area contributed by atoms with Crippen molar-refractivity contribution >= 4 is 5.69 Å². The summed E-state index contributed by atoms with van der Waals surface area (Å²) < 4.78 is 13.3. The highest BCUT2D eigenvalue weighted by Gasteiger charge is 2.28. The van der Waals surface area contributed by atoms with Crippen molar-refractivity contribution in [2.24, 2.45) is 0 Å². The van der Waals surface area contributed by atoms with Crippen molar-refractivity contribution < 1.29 is 4.39 Å². The minimum Gasteiger partial charge on any atom is -0.398 e. The molecule has 2 aliphatic rings. The number of rotatable bonds is 3. The molecule has 3 nitrogen and oxygen atoms in total. The monoisotopic (exact) mass is 277 g/mol. The Labute approximate surface area is 120 Å². The summed E-state index contributed by atoms with van der Waals surface area (Å²) in [5.41, 5.74) is 7.56. The second-order valence-electron chi connectivity index (χ2n) is 6.12. The molecule has 1 aromatic carbocycles. The van der Waals surface area contributed by atoms with Crippen LogP contribution >= 0.6 is 0 Å². The average molecular weight is 277 g/mol. The molecule has 0 bridgehead atoms. The normalized spacial score (nSPS) is 25.1. The van der Waals surface area contributed by atoms with E-state index in [2.05, 4.69) is 9.80 Å². The summed E-state index contributed by atoms with van der Waals surface area (Å²) in [5.74, 6) is -0.194. The van der Waals surface area contributed by atoms with Crippen LogP contribution in [0.1, 0.15) is 31.2 Å². The summed E-state index contributed by atoms with van der Waals surface area (Å²) in [4.78, 5) is 5.04. The number of benzene rings is 1. The molecule has 0 aliphatic carbocycles. The third kappa shape index (κ3) is 3.13. The van der Waals surface area contributed by atoms with Gasteiger partial charge in [0, 0.05) is 31.4 Å². The molecule has 0 spiro atoms. The molecule has 20 heavy (non-hydrogen) atoms. The Morgan fingerprint density at radius 2 is 1.95 bits per heavy atom. The molecule has 2 heterocycles. The maximum absolute atomic E-state index is 13.3. The summed E-state index contributed by atoms with van der Waals surface area (Å²) in [5, 5.41) is 0. The van der Waals surface area contributed by atoms with Crippen LogP contribution in [0.3, 0.4) is 0 Å². The third-order valence-corrected chi connectivity index (χ3v) is 4.65. The molecule has 110 valence electrons. The van der Waals surface area contributed by atoms with Gasteiger partial charge in [0.25, 0.3) is 0 Å². The van der Waals surface area contributed by atoms with E-state index in [1.807, 2.05) is 0 Å². The van der Waals surface area contributed by atoms with Crippen LogP contribution in [0.25, 0.3) is 0 Å². The fourth-order valence-corrected chi connectivity index (χ4v) is 3.49. The van der Waals surface area contributed by atoms with Crippen LogP contribution in [0.4, 0.5) is 10.1 Å². The summed E-state index contributed by atoms with van der Waals surface area (Å²) >= 11 is 0. The second kappa shape index (κ2) is 6.10. The van der Waals surface area contributed by atoms with Crippen LogP contribution in [0.5, 0.6) is 0 Å². The van der Waals surface area contributed by atoms with Crippen LogP contribution in [0.15, 0.2) is 18.2 Å². The van der Waals surface area contributed by atoms with Gasteiger partial charge in [-0.1, -0.05) is 6.42 Å². The highest BCUT2D eigenvalue weighted by Crippen LogP contribution is 2.23. The minimum atomic E-state index is -0.194.